The zero-order valence-corrected chi connectivity index (χ0v) is 16.2. The van der Waals surface area contributed by atoms with Crippen LogP contribution in [0.2, 0.25) is 0 Å². The van der Waals surface area contributed by atoms with Crippen LogP contribution in [-0.4, -0.2) is 35.2 Å². The number of alkyl halides is 5. The van der Waals surface area contributed by atoms with E-state index in [0.717, 1.165) is 12.1 Å². The smallest absolute Gasteiger partial charge is 0.394 e. The Morgan fingerprint density at radius 2 is 1.71 bits per heavy atom. The second-order valence-corrected chi connectivity index (χ2v) is 7.53. The third-order valence-corrected chi connectivity index (χ3v) is 5.27. The van der Waals surface area contributed by atoms with Gasteiger partial charge in [-0.1, -0.05) is 36.4 Å². The van der Waals surface area contributed by atoms with Crippen molar-refractivity contribution >= 4 is 0 Å². The standard InChI is InChI=1S/C22H20F5NO3/c23-21(24,22(25,26)27)17-5-1-13(2-6-17)7-16-8-14(3-4-15(16)11-28)20-10-18(30)9-19(12-29)31-20/h1-6,8,18-20,29-30H,7,9-10,12H2. The molecule has 0 spiro atoms. The Morgan fingerprint density at radius 3 is 2.29 bits per heavy atom. The summed E-state index contributed by atoms with van der Waals surface area (Å²) in [6.45, 7) is -0.244. The van der Waals surface area contributed by atoms with Crippen molar-refractivity contribution in [1.82, 2.24) is 0 Å². The van der Waals surface area contributed by atoms with Gasteiger partial charge in [0.25, 0.3) is 0 Å². The molecular formula is C22H20F5NO3. The maximum Gasteiger partial charge on any atom is 0.458 e. The summed E-state index contributed by atoms with van der Waals surface area (Å²) < 4.78 is 70.3. The Kier molecular flexibility index (Phi) is 6.65. The number of ether oxygens (including phenoxy) is 1. The van der Waals surface area contributed by atoms with Crippen molar-refractivity contribution < 1.29 is 36.9 Å². The van der Waals surface area contributed by atoms with Gasteiger partial charge in [0.05, 0.1) is 36.6 Å². The minimum Gasteiger partial charge on any atom is -0.394 e. The van der Waals surface area contributed by atoms with Crippen LogP contribution < -0.4 is 0 Å². The van der Waals surface area contributed by atoms with Gasteiger partial charge in [-0.15, -0.1) is 0 Å². The van der Waals surface area contributed by atoms with E-state index in [1.54, 1.807) is 18.2 Å². The number of hydrogen-bond acceptors (Lipinski definition) is 4. The Balaban J connectivity index is 1.84. The van der Waals surface area contributed by atoms with Crippen molar-refractivity contribution in [2.45, 2.75) is 49.7 Å². The highest BCUT2D eigenvalue weighted by Gasteiger charge is 2.58. The molecule has 9 heteroatoms. The summed E-state index contributed by atoms with van der Waals surface area (Å²) in [6.07, 6.45) is -6.61. The van der Waals surface area contributed by atoms with E-state index in [-0.39, 0.29) is 13.0 Å². The molecule has 2 aromatic carbocycles. The lowest BCUT2D eigenvalue weighted by molar-refractivity contribution is -0.289. The molecule has 1 heterocycles. The fourth-order valence-electron chi connectivity index (χ4n) is 3.61. The molecule has 1 aliphatic rings. The van der Waals surface area contributed by atoms with Gasteiger partial charge in [0, 0.05) is 18.4 Å². The molecule has 0 radical (unpaired) electrons. The molecule has 0 bridgehead atoms. The first kappa shape index (κ1) is 23.1. The summed E-state index contributed by atoms with van der Waals surface area (Å²) in [5.74, 6) is -4.95. The molecule has 166 valence electrons. The zero-order valence-electron chi connectivity index (χ0n) is 16.2. The largest absolute Gasteiger partial charge is 0.458 e. The topological polar surface area (TPSA) is 73.5 Å². The highest BCUT2D eigenvalue weighted by molar-refractivity contribution is 5.44. The predicted octanol–water partition coefficient (Wildman–Crippen LogP) is 4.38. The minimum atomic E-state index is -5.69. The fraction of sp³-hybridized carbons (Fsp3) is 0.409. The first-order valence-electron chi connectivity index (χ1n) is 9.56. The van der Waals surface area contributed by atoms with Crippen LogP contribution in [0.5, 0.6) is 0 Å². The fourth-order valence-corrected chi connectivity index (χ4v) is 3.61. The van der Waals surface area contributed by atoms with Gasteiger partial charge in [-0.2, -0.15) is 27.2 Å². The lowest BCUT2D eigenvalue weighted by atomic mass is 9.92. The van der Waals surface area contributed by atoms with Crippen LogP contribution in [0.1, 0.15) is 46.8 Å². The molecule has 3 rings (SSSR count). The highest BCUT2D eigenvalue weighted by Crippen LogP contribution is 2.43. The van der Waals surface area contributed by atoms with Crippen molar-refractivity contribution in [2.75, 3.05) is 6.61 Å². The van der Waals surface area contributed by atoms with Gasteiger partial charge in [-0.25, -0.2) is 0 Å². The van der Waals surface area contributed by atoms with Crippen LogP contribution >= 0.6 is 0 Å². The van der Waals surface area contributed by atoms with E-state index in [0.29, 0.717) is 35.1 Å². The van der Waals surface area contributed by atoms with Crippen LogP contribution in [0.4, 0.5) is 22.0 Å². The van der Waals surface area contributed by atoms with Crippen LogP contribution in [0.3, 0.4) is 0 Å². The average Bonchev–Trinajstić information content (AvgIpc) is 2.72. The van der Waals surface area contributed by atoms with Gasteiger partial charge < -0.3 is 14.9 Å². The minimum absolute atomic E-state index is 0.132. The van der Waals surface area contributed by atoms with Gasteiger partial charge in [0.1, 0.15) is 0 Å². The summed E-state index contributed by atoms with van der Waals surface area (Å²) in [7, 11) is 0. The van der Waals surface area contributed by atoms with E-state index in [1.807, 2.05) is 6.07 Å². The van der Waals surface area contributed by atoms with Gasteiger partial charge in [0.2, 0.25) is 0 Å². The average molecular weight is 441 g/mol. The molecule has 31 heavy (non-hydrogen) atoms. The van der Waals surface area contributed by atoms with Crippen molar-refractivity contribution in [2.24, 2.45) is 0 Å². The first-order valence-corrected chi connectivity index (χ1v) is 9.56. The Labute approximate surface area is 175 Å². The van der Waals surface area contributed by atoms with Crippen molar-refractivity contribution in [3.8, 4) is 6.07 Å². The molecule has 0 saturated carbocycles. The summed E-state index contributed by atoms with van der Waals surface area (Å²) in [5, 5.41) is 28.7. The van der Waals surface area contributed by atoms with Gasteiger partial charge in [0.15, 0.2) is 0 Å². The molecule has 3 atom stereocenters. The maximum atomic E-state index is 13.5. The summed E-state index contributed by atoms with van der Waals surface area (Å²) >= 11 is 0. The molecule has 1 fully saturated rings. The monoisotopic (exact) mass is 441 g/mol. The lowest BCUT2D eigenvalue weighted by Crippen LogP contribution is -2.33. The molecule has 0 aromatic heterocycles. The number of nitriles is 1. The number of benzene rings is 2. The van der Waals surface area contributed by atoms with E-state index in [1.165, 1.54) is 12.1 Å². The molecule has 0 aliphatic carbocycles. The second kappa shape index (κ2) is 8.91. The van der Waals surface area contributed by atoms with E-state index >= 15 is 0 Å². The molecule has 0 amide bonds. The quantitative estimate of drug-likeness (QED) is 0.676. The number of aliphatic hydroxyl groups is 2. The number of hydrogen-bond donors (Lipinski definition) is 2. The highest BCUT2D eigenvalue weighted by atomic mass is 19.4. The maximum absolute atomic E-state index is 13.5. The number of nitrogens with zero attached hydrogens (tertiary/aromatic N) is 1. The van der Waals surface area contributed by atoms with Crippen LogP contribution in [-0.2, 0) is 17.1 Å². The molecule has 3 unspecified atom stereocenters. The number of rotatable bonds is 5. The van der Waals surface area contributed by atoms with E-state index in [2.05, 4.69) is 0 Å². The van der Waals surface area contributed by atoms with E-state index < -0.39 is 36.0 Å². The third kappa shape index (κ3) is 5.03. The van der Waals surface area contributed by atoms with Crippen molar-refractivity contribution in [1.29, 1.82) is 5.26 Å². The Hall–Kier alpha value is -2.54. The van der Waals surface area contributed by atoms with Gasteiger partial charge in [-0.05, 0) is 29.2 Å². The molecule has 1 saturated heterocycles. The third-order valence-electron chi connectivity index (χ3n) is 5.27. The normalized spacial score (nSPS) is 22.2. The summed E-state index contributed by atoms with van der Waals surface area (Å²) in [4.78, 5) is 0. The van der Waals surface area contributed by atoms with Crippen LogP contribution in [0.15, 0.2) is 42.5 Å². The van der Waals surface area contributed by atoms with E-state index in [9.17, 15) is 37.4 Å². The van der Waals surface area contributed by atoms with Crippen LogP contribution in [0.25, 0.3) is 0 Å². The number of halogens is 5. The SMILES string of the molecule is N#Cc1ccc(C2CC(O)CC(CO)O2)cc1Cc1ccc(C(F)(F)C(F)(F)F)cc1. The number of aliphatic hydroxyl groups excluding tert-OH is 2. The van der Waals surface area contributed by atoms with Crippen molar-refractivity contribution in [3.63, 3.8) is 0 Å². The molecule has 4 nitrogen and oxygen atoms in total. The van der Waals surface area contributed by atoms with Gasteiger partial charge >= 0.3 is 12.1 Å². The molecule has 2 aromatic rings. The zero-order chi connectivity index (χ0) is 22.8. The Morgan fingerprint density at radius 1 is 1.03 bits per heavy atom. The molecule has 2 N–H and O–H groups in total. The lowest BCUT2D eigenvalue weighted by Gasteiger charge is -2.32. The van der Waals surface area contributed by atoms with Crippen molar-refractivity contribution in [3.05, 3.63) is 70.3 Å². The molecule has 1 aliphatic heterocycles. The predicted molar refractivity (Wildman–Crippen MR) is 100 cm³/mol. The summed E-state index contributed by atoms with van der Waals surface area (Å²) in [5.41, 5.74) is 0.834. The second-order valence-electron chi connectivity index (χ2n) is 7.53. The first-order chi connectivity index (χ1) is 14.5. The van der Waals surface area contributed by atoms with Gasteiger partial charge in [-0.3, -0.25) is 0 Å². The van der Waals surface area contributed by atoms with Crippen LogP contribution in [0, 0.1) is 11.3 Å². The Bertz CT molecular complexity index is 953. The van der Waals surface area contributed by atoms with E-state index in [4.69, 9.17) is 4.74 Å². The summed E-state index contributed by atoms with van der Waals surface area (Å²) in [6, 6.07) is 10.8. The molecular weight excluding hydrogens is 421 g/mol.